The Morgan fingerprint density at radius 2 is 1.62 bits per heavy atom. The molecule has 0 spiro atoms. The highest BCUT2D eigenvalue weighted by atomic mass is 32.2. The van der Waals surface area contributed by atoms with Crippen molar-refractivity contribution >= 4 is 21.6 Å². The monoisotopic (exact) mass is 482 g/mol. The van der Waals surface area contributed by atoms with Crippen LogP contribution in [-0.2, 0) is 16.6 Å². The fraction of sp³-hybridized carbons (Fsp3) is 0.269. The molecule has 7 nitrogen and oxygen atoms in total. The van der Waals surface area contributed by atoms with Gasteiger partial charge in [-0.1, -0.05) is 36.4 Å². The molecular weight excluding hydrogens is 452 g/mol. The molecule has 0 saturated carbocycles. The molecule has 3 aromatic carbocycles. The Hall–Kier alpha value is -3.52. The van der Waals surface area contributed by atoms with Gasteiger partial charge in [0.05, 0.1) is 31.1 Å². The number of sulfonamides is 1. The largest absolute Gasteiger partial charge is 0.492 e. The number of nitrogens with one attached hydrogen (secondary N) is 1. The Balaban J connectivity index is 1.61. The summed E-state index contributed by atoms with van der Waals surface area (Å²) < 4.78 is 37.6. The quantitative estimate of drug-likeness (QED) is 0.413. The summed E-state index contributed by atoms with van der Waals surface area (Å²) in [7, 11) is -3.54. The van der Waals surface area contributed by atoms with E-state index in [1.165, 1.54) is 10.6 Å². The van der Waals surface area contributed by atoms with E-state index in [0.29, 0.717) is 30.2 Å². The van der Waals surface area contributed by atoms with E-state index in [1.54, 1.807) is 48.5 Å². The molecule has 34 heavy (non-hydrogen) atoms. The van der Waals surface area contributed by atoms with Crippen LogP contribution in [0.5, 0.6) is 11.5 Å². The molecular formula is C26H30N2O5S. The highest BCUT2D eigenvalue weighted by Gasteiger charge is 2.19. The average Bonchev–Trinajstić information content (AvgIpc) is 2.80. The molecule has 180 valence electrons. The third-order valence-corrected chi connectivity index (χ3v) is 5.96. The summed E-state index contributed by atoms with van der Waals surface area (Å²) >= 11 is 0. The summed E-state index contributed by atoms with van der Waals surface area (Å²) in [5.41, 5.74) is 1.76. The molecule has 0 aliphatic rings. The van der Waals surface area contributed by atoms with E-state index in [-0.39, 0.29) is 18.6 Å². The van der Waals surface area contributed by atoms with E-state index in [1.807, 2.05) is 44.2 Å². The van der Waals surface area contributed by atoms with Crippen LogP contribution in [0.4, 0.5) is 5.69 Å². The van der Waals surface area contributed by atoms with Gasteiger partial charge in [-0.2, -0.15) is 0 Å². The molecule has 0 aliphatic heterocycles. The molecule has 0 bridgehead atoms. The number of carbonyl (C=O) groups is 1. The highest BCUT2D eigenvalue weighted by molar-refractivity contribution is 7.92. The Kier molecular flexibility index (Phi) is 8.54. The van der Waals surface area contributed by atoms with Crippen molar-refractivity contribution in [1.82, 2.24) is 5.32 Å². The van der Waals surface area contributed by atoms with Crippen LogP contribution in [0.1, 0.15) is 29.8 Å². The van der Waals surface area contributed by atoms with Crippen molar-refractivity contribution in [3.05, 3.63) is 90.0 Å². The van der Waals surface area contributed by atoms with Crippen molar-refractivity contribution in [3.63, 3.8) is 0 Å². The lowest BCUT2D eigenvalue weighted by atomic mass is 10.1. The number of benzene rings is 3. The summed E-state index contributed by atoms with van der Waals surface area (Å²) in [6.07, 6.45) is 1.15. The fourth-order valence-corrected chi connectivity index (χ4v) is 4.14. The molecule has 0 aromatic heterocycles. The van der Waals surface area contributed by atoms with Gasteiger partial charge < -0.3 is 14.8 Å². The first kappa shape index (κ1) is 25.1. The number of para-hydroxylation sites is 1. The molecule has 0 heterocycles. The number of carbonyl (C=O) groups excluding carboxylic acids is 1. The molecule has 3 aromatic rings. The molecule has 1 amide bonds. The lowest BCUT2D eigenvalue weighted by molar-refractivity contribution is 0.0947. The van der Waals surface area contributed by atoms with Crippen molar-refractivity contribution in [3.8, 4) is 11.5 Å². The van der Waals surface area contributed by atoms with Crippen molar-refractivity contribution in [2.75, 3.05) is 23.7 Å². The predicted octanol–water partition coefficient (Wildman–Crippen LogP) is 4.25. The number of rotatable bonds is 11. The van der Waals surface area contributed by atoms with Crippen LogP contribution in [0.25, 0.3) is 0 Å². The first-order valence-corrected chi connectivity index (χ1v) is 12.9. The van der Waals surface area contributed by atoms with Crippen LogP contribution < -0.4 is 19.1 Å². The van der Waals surface area contributed by atoms with Crippen LogP contribution in [0.3, 0.4) is 0 Å². The SMILES string of the molecule is CC(C)Oc1cccc(N(Cc2ccc(C(=O)NCCOc3ccccc3)cc2)S(C)(=O)=O)c1. The van der Waals surface area contributed by atoms with Gasteiger partial charge in [0, 0.05) is 11.6 Å². The molecule has 0 unspecified atom stereocenters. The molecule has 8 heteroatoms. The zero-order valence-corrected chi connectivity index (χ0v) is 20.4. The highest BCUT2D eigenvalue weighted by Crippen LogP contribution is 2.26. The molecule has 0 atom stereocenters. The minimum atomic E-state index is -3.54. The number of hydrogen-bond donors (Lipinski definition) is 1. The van der Waals surface area contributed by atoms with Crippen molar-refractivity contribution < 1.29 is 22.7 Å². The van der Waals surface area contributed by atoms with E-state index in [2.05, 4.69) is 5.32 Å². The normalized spacial score (nSPS) is 11.2. The number of nitrogens with zero attached hydrogens (tertiary/aromatic N) is 1. The zero-order valence-electron chi connectivity index (χ0n) is 19.6. The van der Waals surface area contributed by atoms with Gasteiger partial charge in [0.2, 0.25) is 10.0 Å². The third-order valence-electron chi connectivity index (χ3n) is 4.82. The second-order valence-electron chi connectivity index (χ2n) is 8.05. The van der Waals surface area contributed by atoms with Crippen LogP contribution >= 0.6 is 0 Å². The first-order valence-electron chi connectivity index (χ1n) is 11.0. The second-order valence-corrected chi connectivity index (χ2v) is 9.95. The predicted molar refractivity (Wildman–Crippen MR) is 134 cm³/mol. The molecule has 0 aliphatic carbocycles. The number of amides is 1. The fourth-order valence-electron chi connectivity index (χ4n) is 3.26. The summed E-state index contributed by atoms with van der Waals surface area (Å²) in [4.78, 5) is 12.4. The second kappa shape index (κ2) is 11.6. The van der Waals surface area contributed by atoms with Gasteiger partial charge in [-0.15, -0.1) is 0 Å². The Labute approximate surface area is 201 Å². The average molecular weight is 483 g/mol. The maximum absolute atomic E-state index is 12.5. The smallest absolute Gasteiger partial charge is 0.251 e. The van der Waals surface area contributed by atoms with E-state index in [0.717, 1.165) is 11.3 Å². The maximum atomic E-state index is 12.5. The van der Waals surface area contributed by atoms with E-state index in [4.69, 9.17) is 9.47 Å². The third kappa shape index (κ3) is 7.52. The van der Waals surface area contributed by atoms with Crippen LogP contribution in [0.15, 0.2) is 78.9 Å². The standard InChI is InChI=1S/C26H30N2O5S/c1-20(2)33-25-11-7-8-23(18-25)28(34(3,30)31)19-21-12-14-22(15-13-21)26(29)27-16-17-32-24-9-5-4-6-10-24/h4-15,18,20H,16-17,19H2,1-3H3,(H,27,29). The van der Waals surface area contributed by atoms with Gasteiger partial charge in [0.15, 0.2) is 0 Å². The summed E-state index contributed by atoms with van der Waals surface area (Å²) in [6.45, 7) is 4.68. The Morgan fingerprint density at radius 1 is 0.941 bits per heavy atom. The van der Waals surface area contributed by atoms with Gasteiger partial charge in [-0.3, -0.25) is 9.10 Å². The van der Waals surface area contributed by atoms with E-state index < -0.39 is 10.0 Å². The van der Waals surface area contributed by atoms with Gasteiger partial charge >= 0.3 is 0 Å². The topological polar surface area (TPSA) is 84.9 Å². The van der Waals surface area contributed by atoms with Gasteiger partial charge in [-0.25, -0.2) is 8.42 Å². The van der Waals surface area contributed by atoms with Crippen LogP contribution in [0.2, 0.25) is 0 Å². The molecule has 0 saturated heterocycles. The molecule has 3 rings (SSSR count). The molecule has 1 N–H and O–H groups in total. The van der Waals surface area contributed by atoms with Gasteiger partial charge in [0.25, 0.3) is 5.91 Å². The Bertz CT molecular complexity index is 1180. The van der Waals surface area contributed by atoms with Crippen LogP contribution in [0, 0.1) is 0 Å². The van der Waals surface area contributed by atoms with Crippen molar-refractivity contribution in [2.45, 2.75) is 26.5 Å². The maximum Gasteiger partial charge on any atom is 0.251 e. The lowest BCUT2D eigenvalue weighted by Gasteiger charge is -2.23. The van der Waals surface area contributed by atoms with E-state index >= 15 is 0 Å². The summed E-state index contributed by atoms with van der Waals surface area (Å²) in [5, 5.41) is 2.82. The minimum absolute atomic E-state index is 0.0227. The van der Waals surface area contributed by atoms with Gasteiger partial charge in [0.1, 0.15) is 18.1 Å². The Morgan fingerprint density at radius 3 is 2.26 bits per heavy atom. The van der Waals surface area contributed by atoms with Crippen molar-refractivity contribution in [2.24, 2.45) is 0 Å². The van der Waals surface area contributed by atoms with Crippen LogP contribution in [-0.4, -0.2) is 39.8 Å². The summed E-state index contributed by atoms with van der Waals surface area (Å²) in [6, 6.07) is 23.3. The molecule has 0 fully saturated rings. The summed E-state index contributed by atoms with van der Waals surface area (Å²) in [5.74, 6) is 1.13. The lowest BCUT2D eigenvalue weighted by Crippen LogP contribution is -2.29. The van der Waals surface area contributed by atoms with Crippen molar-refractivity contribution in [1.29, 1.82) is 0 Å². The molecule has 0 radical (unpaired) electrons. The number of anilines is 1. The van der Waals surface area contributed by atoms with E-state index in [9.17, 15) is 13.2 Å². The number of ether oxygens (including phenoxy) is 2. The number of hydrogen-bond acceptors (Lipinski definition) is 5. The van der Waals surface area contributed by atoms with Gasteiger partial charge in [-0.05, 0) is 55.8 Å². The minimum Gasteiger partial charge on any atom is -0.492 e. The first-order chi connectivity index (χ1) is 16.2. The zero-order chi connectivity index (χ0) is 24.6.